The van der Waals surface area contributed by atoms with Crippen LogP contribution in [0, 0.1) is 0 Å². The van der Waals surface area contributed by atoms with Gasteiger partial charge in [0.05, 0.1) is 0 Å². The van der Waals surface area contributed by atoms with Crippen LogP contribution in [0.5, 0.6) is 0 Å². The van der Waals surface area contributed by atoms with Crippen LogP contribution in [0.3, 0.4) is 0 Å². The van der Waals surface area contributed by atoms with Gasteiger partial charge in [-0.1, -0.05) is 0 Å². The van der Waals surface area contributed by atoms with E-state index in [-0.39, 0.29) is 0 Å². The lowest BCUT2D eigenvalue weighted by molar-refractivity contribution is 0.226. The molecular formula is H17O20Si12. The van der Waals surface area contributed by atoms with Crippen LogP contribution < -0.4 is 0 Å². The average molecular weight is 674 g/mol. The highest BCUT2D eigenvalue weighted by molar-refractivity contribution is 8.06. The molecule has 32 heavy (non-hydrogen) atoms. The van der Waals surface area contributed by atoms with Crippen LogP contribution in [-0.4, -0.2) is 176 Å². The molecule has 3 aliphatic rings. The highest BCUT2D eigenvalue weighted by Gasteiger charge is 3.08. The van der Waals surface area contributed by atoms with E-state index < -0.39 is 94.0 Å². The summed E-state index contributed by atoms with van der Waals surface area (Å²) in [6.07, 6.45) is 0. The molecule has 0 spiro atoms. The molecule has 185 valence electrons. The van der Waals surface area contributed by atoms with Gasteiger partial charge in [0.1, 0.15) is 0 Å². The summed E-state index contributed by atoms with van der Waals surface area (Å²) in [6, 6.07) is 0. The quantitative estimate of drug-likeness (QED) is 0.115. The lowest BCUT2D eigenvalue weighted by atomic mass is 15.7. The predicted molar refractivity (Wildman–Crippen MR) is 110 cm³/mol. The standard InChI is InChI=1S/H17O20Si12/c1-21(2)28(13)19-31(16)25(7,8)30(15)18-22(3)24(5,6)29(14,23(28)4)20-32(17,26(30,9)10)27(31,11)12/h1-17H. The van der Waals surface area contributed by atoms with Crippen molar-refractivity contribution in [1.29, 1.82) is 0 Å². The predicted octanol–water partition coefficient (Wildman–Crippen LogP) is -14.2. The molecule has 3 fully saturated rings. The third-order valence-corrected chi connectivity index (χ3v) is 136. The van der Waals surface area contributed by atoms with Gasteiger partial charge in [-0.25, -0.2) is 0 Å². The molecule has 0 saturated carbocycles. The largest absolute Gasteiger partial charge is 0.429 e. The van der Waals surface area contributed by atoms with E-state index in [1.54, 1.807) is 0 Å². The van der Waals surface area contributed by atoms with E-state index in [0.717, 1.165) is 0 Å². The van der Waals surface area contributed by atoms with Crippen molar-refractivity contribution in [2.24, 2.45) is 0 Å². The second kappa shape index (κ2) is 7.22. The maximum Gasteiger partial charge on any atom is 0.426 e. The van der Waals surface area contributed by atoms with Crippen molar-refractivity contribution in [3.05, 3.63) is 0 Å². The summed E-state index contributed by atoms with van der Waals surface area (Å²) in [4.78, 5) is 180. The van der Waals surface area contributed by atoms with Gasteiger partial charge in [-0.2, -0.15) is 0 Å². The molecule has 0 aromatic rings. The van der Waals surface area contributed by atoms with Gasteiger partial charge in [-0.15, -0.1) is 0 Å². The van der Waals surface area contributed by atoms with Gasteiger partial charge in [0.25, 0.3) is 0 Å². The first-order chi connectivity index (χ1) is 13.9. The van der Waals surface area contributed by atoms with Gasteiger partial charge < -0.3 is 93.9 Å². The molecule has 32 heteroatoms. The SMILES string of the molecule is O[Si](O)[Si]1(O)O[Si]2(O)[Si](O)(O)[Si]3(O)O[Si](O)[Si](O)(O)[Si](O)(O[Si](O)([Si]3(O)O)[Si]2(O)O)[Si]1O. The Kier molecular flexibility index (Phi) is 6.40. The van der Waals surface area contributed by atoms with Crippen LogP contribution in [0.15, 0.2) is 0 Å². The van der Waals surface area contributed by atoms with E-state index in [0.29, 0.717) is 0 Å². The summed E-state index contributed by atoms with van der Waals surface area (Å²) in [5, 5.41) is 0. The summed E-state index contributed by atoms with van der Waals surface area (Å²) < 4.78 is 13.9. The van der Waals surface area contributed by atoms with Gasteiger partial charge in [0.2, 0.25) is 0 Å². The molecule has 3 aliphatic heterocycles. The van der Waals surface area contributed by atoms with E-state index in [1.807, 2.05) is 0 Å². The van der Waals surface area contributed by atoms with Crippen LogP contribution >= 0.6 is 0 Å². The molecule has 17 N–H and O–H groups in total. The minimum atomic E-state index is -6.71. The molecule has 5 atom stereocenters. The Hall–Kier alpha value is 1.80. The topological polar surface area (TPSA) is 372 Å². The van der Waals surface area contributed by atoms with E-state index >= 15 is 0 Å². The van der Waals surface area contributed by atoms with Crippen molar-refractivity contribution >= 4 is 94.0 Å². The molecule has 3 heterocycles. The minimum Gasteiger partial charge on any atom is -0.429 e. The second-order valence-electron chi connectivity index (χ2n) is 7.19. The fourth-order valence-electron chi connectivity index (χ4n) is 3.34. The molecule has 0 aromatic carbocycles. The Morgan fingerprint density at radius 1 is 0.562 bits per heavy atom. The van der Waals surface area contributed by atoms with Crippen molar-refractivity contribution in [3.8, 4) is 0 Å². The first kappa shape index (κ1) is 28.4. The number of hydrogen-bond acceptors (Lipinski definition) is 20. The van der Waals surface area contributed by atoms with Gasteiger partial charge in [-0.05, 0) is 0 Å². The Balaban J connectivity index is 2.60. The summed E-state index contributed by atoms with van der Waals surface area (Å²) in [6.45, 7) is 0. The maximum absolute atomic E-state index is 11.0. The number of rotatable bonds is 1. The van der Waals surface area contributed by atoms with Gasteiger partial charge in [0.15, 0.2) is 0 Å². The molecule has 3 rings (SSSR count). The Bertz CT molecular complexity index is 792. The fourth-order valence-corrected chi connectivity index (χ4v) is 222. The van der Waals surface area contributed by atoms with E-state index in [9.17, 15) is 81.5 Å². The van der Waals surface area contributed by atoms with E-state index in [2.05, 4.69) is 8.23 Å². The highest BCUT2D eigenvalue weighted by Crippen LogP contribution is 2.49. The Morgan fingerprint density at radius 2 is 0.938 bits per heavy atom. The van der Waals surface area contributed by atoms with Crippen LogP contribution in [0.1, 0.15) is 0 Å². The van der Waals surface area contributed by atoms with Crippen molar-refractivity contribution < 1.29 is 93.9 Å². The second-order valence-corrected chi connectivity index (χ2v) is 80.9. The monoisotopic (exact) mass is 673 g/mol. The zero-order chi connectivity index (χ0) is 25.4. The molecule has 20 nitrogen and oxygen atoms in total. The number of hydrogen-bond donors (Lipinski definition) is 17. The van der Waals surface area contributed by atoms with Gasteiger partial charge in [-0.3, -0.25) is 0 Å². The molecule has 5 unspecified atom stereocenters. The van der Waals surface area contributed by atoms with Crippen LogP contribution in [0.2, 0.25) is 0 Å². The molecule has 3 radical (unpaired) electrons. The molecule has 3 saturated heterocycles. The van der Waals surface area contributed by atoms with Crippen LogP contribution in [-0.2, 0) is 12.3 Å². The first-order valence-electron chi connectivity index (χ1n) is 7.78. The summed E-state index contributed by atoms with van der Waals surface area (Å²) in [5.41, 5.74) is 0. The van der Waals surface area contributed by atoms with Gasteiger partial charge in [0, 0.05) is 0 Å². The van der Waals surface area contributed by atoms with Crippen molar-refractivity contribution in [2.45, 2.75) is 0 Å². The average Bonchev–Trinajstić information content (AvgIpc) is 2.63. The van der Waals surface area contributed by atoms with Crippen molar-refractivity contribution in [2.75, 3.05) is 0 Å². The molecule has 0 aliphatic carbocycles. The van der Waals surface area contributed by atoms with E-state index in [1.165, 1.54) is 0 Å². The zero-order valence-electron chi connectivity index (χ0n) is 14.8. The Labute approximate surface area is 187 Å². The summed E-state index contributed by atoms with van der Waals surface area (Å²) >= 11 is 0. The Morgan fingerprint density at radius 3 is 1.34 bits per heavy atom. The lowest BCUT2D eigenvalue weighted by Gasteiger charge is -2.62. The summed E-state index contributed by atoms with van der Waals surface area (Å²) in [5.74, 6) is 0. The fraction of sp³-hybridized carbons (Fsp3) is 0. The van der Waals surface area contributed by atoms with Crippen molar-refractivity contribution in [3.63, 3.8) is 0 Å². The molecular weight excluding hydrogens is 657 g/mol. The maximum atomic E-state index is 11.0. The highest BCUT2D eigenvalue weighted by atomic mass is 30.2. The van der Waals surface area contributed by atoms with E-state index in [4.69, 9.17) is 4.12 Å². The van der Waals surface area contributed by atoms with Crippen molar-refractivity contribution in [1.82, 2.24) is 0 Å². The summed E-state index contributed by atoms with van der Waals surface area (Å²) in [7, 11) is -72.4. The number of fused-ring (bicyclic) bond motifs is 3. The smallest absolute Gasteiger partial charge is 0.426 e. The minimum absolute atomic E-state index is 4.52. The van der Waals surface area contributed by atoms with Crippen LogP contribution in [0.4, 0.5) is 0 Å². The molecule has 0 amide bonds. The zero-order valence-corrected chi connectivity index (χ0v) is 26.8. The molecule has 0 aromatic heterocycles. The lowest BCUT2D eigenvalue weighted by Crippen LogP contribution is -3.15. The third kappa shape index (κ3) is 2.70. The first-order valence-corrected chi connectivity index (χ1v) is 39.8. The third-order valence-electron chi connectivity index (χ3n) is 5.39. The molecule has 4 bridgehead atoms. The normalized spacial score (nSPS) is 50.1. The van der Waals surface area contributed by atoms with Gasteiger partial charge >= 0.3 is 94.0 Å². The van der Waals surface area contributed by atoms with Crippen LogP contribution in [0.25, 0.3) is 0 Å².